The molecule has 0 aromatic carbocycles. The molecule has 0 spiro atoms. The van der Waals surface area contributed by atoms with Gasteiger partial charge in [0.1, 0.15) is 6.10 Å². The number of hydrogen-bond donors (Lipinski definition) is 0. The predicted molar refractivity (Wildman–Crippen MR) is 208 cm³/mol. The summed E-state index contributed by atoms with van der Waals surface area (Å²) in [7, 11) is 0. The molecule has 0 saturated carbocycles. The van der Waals surface area contributed by atoms with Crippen molar-refractivity contribution in [1.82, 2.24) is 4.90 Å². The van der Waals surface area contributed by atoms with Crippen molar-refractivity contribution in [2.75, 3.05) is 26.2 Å². The van der Waals surface area contributed by atoms with Gasteiger partial charge in [0.15, 0.2) is 0 Å². The first-order valence-corrected chi connectivity index (χ1v) is 21.5. The van der Waals surface area contributed by atoms with Crippen molar-refractivity contribution < 1.29 is 19.1 Å². The van der Waals surface area contributed by atoms with E-state index in [-0.39, 0.29) is 18.0 Å². The first kappa shape index (κ1) is 46.9. The number of hydrogen-bond acceptors (Lipinski definition) is 5. The van der Waals surface area contributed by atoms with E-state index >= 15 is 0 Å². The highest BCUT2D eigenvalue weighted by Gasteiger charge is 2.14. The summed E-state index contributed by atoms with van der Waals surface area (Å²) in [5, 5.41) is 0. The second kappa shape index (κ2) is 37.2. The van der Waals surface area contributed by atoms with E-state index in [1.807, 2.05) is 0 Å². The normalized spacial score (nSPS) is 11.7. The van der Waals surface area contributed by atoms with E-state index in [4.69, 9.17) is 9.47 Å². The van der Waals surface area contributed by atoms with E-state index in [1.54, 1.807) is 0 Å². The summed E-state index contributed by atoms with van der Waals surface area (Å²) in [5.74, 6) is 0.688. The van der Waals surface area contributed by atoms with E-state index < -0.39 is 0 Å². The highest BCUT2D eigenvalue weighted by Crippen LogP contribution is 2.18. The van der Waals surface area contributed by atoms with Gasteiger partial charge < -0.3 is 14.4 Å². The van der Waals surface area contributed by atoms with Crippen LogP contribution in [0.2, 0.25) is 0 Å². The van der Waals surface area contributed by atoms with Crippen molar-refractivity contribution in [2.24, 2.45) is 5.92 Å². The van der Waals surface area contributed by atoms with E-state index in [2.05, 4.69) is 39.5 Å². The standard InChI is InChI=1S/C43H85NO4/c1-6-9-12-15-18-24-29-39-47-42(45)34-30-37-44(38-35-40(4)5)36-28-23-19-22-27-33-43(46)48-41(31-25-20-16-13-10-7-2)32-26-21-17-14-11-8-3/h40-41H,6-39H2,1-5H3. The molecule has 0 N–H and O–H groups in total. The fourth-order valence-corrected chi connectivity index (χ4v) is 6.49. The molecule has 0 aromatic heterocycles. The molecule has 0 aromatic rings. The van der Waals surface area contributed by atoms with Crippen LogP contribution in [0.25, 0.3) is 0 Å². The van der Waals surface area contributed by atoms with E-state index in [0.29, 0.717) is 25.4 Å². The van der Waals surface area contributed by atoms with Gasteiger partial charge in [0.25, 0.3) is 0 Å². The molecule has 0 amide bonds. The van der Waals surface area contributed by atoms with Gasteiger partial charge in [0.05, 0.1) is 6.61 Å². The van der Waals surface area contributed by atoms with Crippen LogP contribution in [-0.2, 0) is 19.1 Å². The summed E-state index contributed by atoms with van der Waals surface area (Å²) in [6.07, 6.45) is 35.1. The molecule has 48 heavy (non-hydrogen) atoms. The van der Waals surface area contributed by atoms with Gasteiger partial charge in [0, 0.05) is 12.8 Å². The zero-order valence-electron chi connectivity index (χ0n) is 33.3. The summed E-state index contributed by atoms with van der Waals surface area (Å²) in [6, 6.07) is 0. The molecule has 0 saturated heterocycles. The molecule has 0 heterocycles. The number of nitrogens with zero attached hydrogens (tertiary/aromatic N) is 1. The maximum absolute atomic E-state index is 12.7. The molecule has 0 rings (SSSR count). The van der Waals surface area contributed by atoms with Crippen LogP contribution in [0.5, 0.6) is 0 Å². The van der Waals surface area contributed by atoms with Crippen LogP contribution >= 0.6 is 0 Å². The predicted octanol–water partition coefficient (Wildman–Crippen LogP) is 13.2. The van der Waals surface area contributed by atoms with Gasteiger partial charge in [-0.1, -0.05) is 157 Å². The van der Waals surface area contributed by atoms with Crippen LogP contribution in [0.4, 0.5) is 0 Å². The zero-order valence-corrected chi connectivity index (χ0v) is 33.3. The Morgan fingerprint density at radius 1 is 0.458 bits per heavy atom. The number of rotatable bonds is 38. The molecule has 286 valence electrons. The van der Waals surface area contributed by atoms with Crippen molar-refractivity contribution in [2.45, 2.75) is 233 Å². The molecular weight excluding hydrogens is 594 g/mol. The van der Waals surface area contributed by atoms with Crippen molar-refractivity contribution in [3.05, 3.63) is 0 Å². The Bertz CT molecular complexity index is 666. The average molecular weight is 680 g/mol. The molecule has 0 aliphatic heterocycles. The maximum atomic E-state index is 12.7. The van der Waals surface area contributed by atoms with E-state index in [0.717, 1.165) is 58.2 Å². The Kier molecular flexibility index (Phi) is 36.3. The van der Waals surface area contributed by atoms with Crippen LogP contribution in [-0.4, -0.2) is 49.2 Å². The van der Waals surface area contributed by atoms with Crippen molar-refractivity contribution in [3.63, 3.8) is 0 Å². The molecule has 0 fully saturated rings. The lowest BCUT2D eigenvalue weighted by molar-refractivity contribution is -0.150. The first-order valence-electron chi connectivity index (χ1n) is 21.5. The molecule has 0 atom stereocenters. The van der Waals surface area contributed by atoms with Crippen LogP contribution in [0.3, 0.4) is 0 Å². The number of carbonyl (C=O) groups is 2. The average Bonchev–Trinajstić information content (AvgIpc) is 3.06. The minimum Gasteiger partial charge on any atom is -0.466 e. The molecule has 0 bridgehead atoms. The highest BCUT2D eigenvalue weighted by molar-refractivity contribution is 5.69. The molecule has 0 aliphatic rings. The number of unbranched alkanes of at least 4 members (excludes halogenated alkanes) is 20. The fraction of sp³-hybridized carbons (Fsp3) is 0.953. The van der Waals surface area contributed by atoms with Gasteiger partial charge in [-0.3, -0.25) is 9.59 Å². The second-order valence-electron chi connectivity index (χ2n) is 15.2. The Hall–Kier alpha value is -1.10. The summed E-state index contributed by atoms with van der Waals surface area (Å²) >= 11 is 0. The van der Waals surface area contributed by atoms with Crippen molar-refractivity contribution >= 4 is 11.9 Å². The van der Waals surface area contributed by atoms with Gasteiger partial charge in [-0.25, -0.2) is 0 Å². The van der Waals surface area contributed by atoms with Crippen molar-refractivity contribution in [1.29, 1.82) is 0 Å². The lowest BCUT2D eigenvalue weighted by Crippen LogP contribution is -2.28. The number of esters is 2. The first-order chi connectivity index (χ1) is 23.4. The van der Waals surface area contributed by atoms with E-state index in [1.165, 1.54) is 141 Å². The summed E-state index contributed by atoms with van der Waals surface area (Å²) < 4.78 is 11.5. The van der Waals surface area contributed by atoms with Gasteiger partial charge in [-0.05, 0) is 83.3 Å². The third-order valence-corrected chi connectivity index (χ3v) is 9.80. The molecule has 0 radical (unpaired) electrons. The van der Waals surface area contributed by atoms with Gasteiger partial charge in [-0.15, -0.1) is 0 Å². The number of ether oxygens (including phenoxy) is 2. The minimum absolute atomic E-state index is 0.0257. The maximum Gasteiger partial charge on any atom is 0.306 e. The summed E-state index contributed by atoms with van der Waals surface area (Å²) in [6.45, 7) is 15.1. The Morgan fingerprint density at radius 2 is 0.896 bits per heavy atom. The zero-order chi connectivity index (χ0) is 35.3. The Balaban J connectivity index is 4.20. The SMILES string of the molecule is CCCCCCCCCOC(=O)CCCN(CCCCCCCC(=O)OC(CCCCCCCC)CCCCCCCC)CCC(C)C. The lowest BCUT2D eigenvalue weighted by atomic mass is 10.0. The van der Waals surface area contributed by atoms with Crippen LogP contribution in [0.1, 0.15) is 227 Å². The summed E-state index contributed by atoms with van der Waals surface area (Å²) in [5.41, 5.74) is 0. The quantitative estimate of drug-likeness (QED) is 0.0480. The van der Waals surface area contributed by atoms with Crippen molar-refractivity contribution in [3.8, 4) is 0 Å². The molecule has 5 heteroatoms. The monoisotopic (exact) mass is 680 g/mol. The Morgan fingerprint density at radius 3 is 1.44 bits per heavy atom. The Labute approximate surface area is 300 Å². The topological polar surface area (TPSA) is 55.8 Å². The van der Waals surface area contributed by atoms with E-state index in [9.17, 15) is 9.59 Å². The minimum atomic E-state index is -0.0283. The lowest BCUT2D eigenvalue weighted by Gasteiger charge is -2.23. The third-order valence-electron chi connectivity index (χ3n) is 9.80. The van der Waals surface area contributed by atoms with Crippen LogP contribution in [0, 0.1) is 5.92 Å². The largest absolute Gasteiger partial charge is 0.466 e. The molecule has 5 nitrogen and oxygen atoms in total. The third kappa shape index (κ3) is 34.8. The van der Waals surface area contributed by atoms with Crippen LogP contribution in [0.15, 0.2) is 0 Å². The van der Waals surface area contributed by atoms with Crippen LogP contribution < -0.4 is 0 Å². The van der Waals surface area contributed by atoms with Gasteiger partial charge in [-0.2, -0.15) is 0 Å². The molecule has 0 aliphatic carbocycles. The van der Waals surface area contributed by atoms with Gasteiger partial charge in [0.2, 0.25) is 0 Å². The highest BCUT2D eigenvalue weighted by atomic mass is 16.5. The van der Waals surface area contributed by atoms with Gasteiger partial charge >= 0.3 is 11.9 Å². The second-order valence-corrected chi connectivity index (χ2v) is 15.2. The molecular formula is C43H85NO4. The number of carbonyl (C=O) groups excluding carboxylic acids is 2. The molecule has 0 unspecified atom stereocenters. The fourth-order valence-electron chi connectivity index (χ4n) is 6.49. The summed E-state index contributed by atoms with van der Waals surface area (Å²) in [4.78, 5) is 27.5. The smallest absolute Gasteiger partial charge is 0.306 e.